The van der Waals surface area contributed by atoms with Gasteiger partial charge in [0.1, 0.15) is 24.0 Å². The van der Waals surface area contributed by atoms with E-state index >= 15 is 0 Å². The van der Waals surface area contributed by atoms with E-state index in [1.54, 1.807) is 18.2 Å². The minimum absolute atomic E-state index is 0.151. The molecule has 0 heterocycles. The molecular weight excluding hydrogens is 352 g/mol. The van der Waals surface area contributed by atoms with Crippen LogP contribution in [0.4, 0.5) is 8.78 Å². The number of nitrogens with two attached hydrogens (primary N) is 1. The summed E-state index contributed by atoms with van der Waals surface area (Å²) in [6.07, 6.45) is 0. The normalized spacial score (nSPS) is 10.7. The summed E-state index contributed by atoms with van der Waals surface area (Å²) in [5, 5.41) is 0.459. The molecule has 0 aromatic heterocycles. The monoisotopic (exact) mass is 361 g/mol. The summed E-state index contributed by atoms with van der Waals surface area (Å²) in [7, 11) is 0. The number of halogens is 4. The molecular formula is C14H11BrClF2NO. The van der Waals surface area contributed by atoms with Gasteiger partial charge in [-0.2, -0.15) is 0 Å². The molecule has 2 rings (SSSR count). The molecule has 2 aromatic rings. The van der Waals surface area contributed by atoms with E-state index < -0.39 is 11.6 Å². The molecule has 0 saturated heterocycles. The van der Waals surface area contributed by atoms with Crippen molar-refractivity contribution in [1.29, 1.82) is 0 Å². The second-order valence-electron chi connectivity index (χ2n) is 4.03. The first-order chi connectivity index (χ1) is 9.54. The van der Waals surface area contributed by atoms with Gasteiger partial charge in [-0.1, -0.05) is 17.7 Å². The fourth-order valence-electron chi connectivity index (χ4n) is 1.72. The van der Waals surface area contributed by atoms with Gasteiger partial charge in [0, 0.05) is 17.1 Å². The molecule has 0 unspecified atom stereocenters. The van der Waals surface area contributed by atoms with Crippen LogP contribution < -0.4 is 10.5 Å². The van der Waals surface area contributed by atoms with Gasteiger partial charge in [0.25, 0.3) is 0 Å². The minimum atomic E-state index is -0.679. The maximum Gasteiger partial charge on any atom is 0.146 e. The lowest BCUT2D eigenvalue weighted by Gasteiger charge is -2.13. The van der Waals surface area contributed by atoms with E-state index in [1.807, 2.05) is 0 Å². The molecule has 0 aliphatic heterocycles. The zero-order valence-electron chi connectivity index (χ0n) is 10.3. The lowest BCUT2D eigenvalue weighted by molar-refractivity contribution is 0.289. The Labute approximate surface area is 128 Å². The summed E-state index contributed by atoms with van der Waals surface area (Å²) in [5.41, 5.74) is 6.04. The summed E-state index contributed by atoms with van der Waals surface area (Å²) in [6, 6.07) is 7.50. The molecule has 20 heavy (non-hydrogen) atoms. The first kappa shape index (κ1) is 15.2. The summed E-state index contributed by atoms with van der Waals surface area (Å²) in [4.78, 5) is 0. The zero-order valence-corrected chi connectivity index (χ0v) is 12.6. The van der Waals surface area contributed by atoms with Crippen LogP contribution in [0, 0.1) is 11.6 Å². The molecule has 2 aromatic carbocycles. The SMILES string of the molecule is NCc1c(Cl)cccc1OCc1c(F)ccc(Br)c1F. The number of benzene rings is 2. The lowest BCUT2D eigenvalue weighted by atomic mass is 10.2. The molecule has 2 nitrogen and oxygen atoms in total. The van der Waals surface area contributed by atoms with Gasteiger partial charge in [-0.15, -0.1) is 0 Å². The van der Waals surface area contributed by atoms with Crippen LogP contribution in [-0.2, 0) is 13.2 Å². The highest BCUT2D eigenvalue weighted by Gasteiger charge is 2.14. The van der Waals surface area contributed by atoms with Crippen LogP contribution in [0.2, 0.25) is 5.02 Å². The van der Waals surface area contributed by atoms with Crippen molar-refractivity contribution in [3.8, 4) is 5.75 Å². The van der Waals surface area contributed by atoms with E-state index in [0.717, 1.165) is 0 Å². The van der Waals surface area contributed by atoms with Crippen LogP contribution >= 0.6 is 27.5 Å². The molecule has 0 aliphatic rings. The van der Waals surface area contributed by atoms with Gasteiger partial charge in [0.2, 0.25) is 0 Å². The highest BCUT2D eigenvalue weighted by atomic mass is 79.9. The van der Waals surface area contributed by atoms with E-state index in [1.165, 1.54) is 12.1 Å². The van der Waals surface area contributed by atoms with Gasteiger partial charge >= 0.3 is 0 Å². The average molecular weight is 363 g/mol. The first-order valence-electron chi connectivity index (χ1n) is 5.77. The van der Waals surface area contributed by atoms with Gasteiger partial charge in [-0.3, -0.25) is 0 Å². The van der Waals surface area contributed by atoms with Crippen LogP contribution in [0.15, 0.2) is 34.8 Å². The summed E-state index contributed by atoms with van der Waals surface area (Å²) in [5.74, 6) is -0.929. The van der Waals surface area contributed by atoms with Gasteiger partial charge in [-0.05, 0) is 40.2 Å². The van der Waals surface area contributed by atoms with Crippen LogP contribution in [0.5, 0.6) is 5.75 Å². The Kier molecular flexibility index (Phi) is 4.96. The average Bonchev–Trinajstić information content (AvgIpc) is 2.43. The van der Waals surface area contributed by atoms with Crippen molar-refractivity contribution in [1.82, 2.24) is 0 Å². The number of hydrogen-bond donors (Lipinski definition) is 1. The van der Waals surface area contributed by atoms with Gasteiger partial charge in [0.05, 0.1) is 10.0 Å². The second kappa shape index (κ2) is 6.52. The zero-order chi connectivity index (χ0) is 14.7. The largest absolute Gasteiger partial charge is 0.488 e. The molecule has 0 atom stereocenters. The maximum absolute atomic E-state index is 13.8. The molecule has 0 spiro atoms. The molecule has 106 valence electrons. The molecule has 0 aliphatic carbocycles. The van der Waals surface area contributed by atoms with Crippen molar-refractivity contribution < 1.29 is 13.5 Å². The third kappa shape index (κ3) is 3.11. The van der Waals surface area contributed by atoms with Crippen LogP contribution in [0.3, 0.4) is 0 Å². The Morgan fingerprint density at radius 2 is 1.90 bits per heavy atom. The maximum atomic E-state index is 13.8. The predicted octanol–water partition coefficient (Wildman–Crippen LogP) is 4.42. The highest BCUT2D eigenvalue weighted by Crippen LogP contribution is 2.28. The van der Waals surface area contributed by atoms with Gasteiger partial charge < -0.3 is 10.5 Å². The minimum Gasteiger partial charge on any atom is -0.488 e. The number of hydrogen-bond acceptors (Lipinski definition) is 2. The smallest absolute Gasteiger partial charge is 0.146 e. The molecule has 0 fully saturated rings. The Hall–Kier alpha value is -1.17. The molecule has 0 radical (unpaired) electrons. The molecule has 0 saturated carbocycles. The summed E-state index contributed by atoms with van der Waals surface area (Å²) in [6.45, 7) is -0.0666. The standard InChI is InChI=1S/C14H11BrClF2NO/c15-10-4-5-12(17)9(14(10)18)7-20-13-3-1-2-11(16)8(13)6-19/h1-5H,6-7,19H2. The Morgan fingerprint density at radius 3 is 2.60 bits per heavy atom. The van der Waals surface area contributed by atoms with E-state index in [-0.39, 0.29) is 23.2 Å². The van der Waals surface area contributed by atoms with E-state index in [9.17, 15) is 8.78 Å². The molecule has 0 amide bonds. The molecule has 2 N–H and O–H groups in total. The van der Waals surface area contributed by atoms with Crippen LogP contribution in [-0.4, -0.2) is 0 Å². The Balaban J connectivity index is 2.26. The highest BCUT2D eigenvalue weighted by molar-refractivity contribution is 9.10. The van der Waals surface area contributed by atoms with Crippen LogP contribution in [0.25, 0.3) is 0 Å². The number of rotatable bonds is 4. The fourth-order valence-corrected chi connectivity index (χ4v) is 2.34. The van der Waals surface area contributed by atoms with E-state index in [4.69, 9.17) is 22.1 Å². The summed E-state index contributed by atoms with van der Waals surface area (Å²) >= 11 is 8.99. The quantitative estimate of drug-likeness (QED) is 0.817. The van der Waals surface area contributed by atoms with Crippen molar-refractivity contribution >= 4 is 27.5 Å². The topological polar surface area (TPSA) is 35.2 Å². The Morgan fingerprint density at radius 1 is 1.15 bits per heavy atom. The number of ether oxygens (including phenoxy) is 1. The van der Waals surface area contributed by atoms with Crippen molar-refractivity contribution in [2.75, 3.05) is 0 Å². The first-order valence-corrected chi connectivity index (χ1v) is 6.94. The third-order valence-electron chi connectivity index (χ3n) is 2.79. The second-order valence-corrected chi connectivity index (χ2v) is 5.29. The van der Waals surface area contributed by atoms with Crippen molar-refractivity contribution in [3.05, 3.63) is 62.6 Å². The summed E-state index contributed by atoms with van der Waals surface area (Å²) < 4.78 is 33.0. The van der Waals surface area contributed by atoms with Gasteiger partial charge in [-0.25, -0.2) is 8.78 Å². The van der Waals surface area contributed by atoms with E-state index in [0.29, 0.717) is 16.3 Å². The van der Waals surface area contributed by atoms with Gasteiger partial charge in [0.15, 0.2) is 0 Å². The van der Waals surface area contributed by atoms with Crippen LogP contribution in [0.1, 0.15) is 11.1 Å². The fraction of sp³-hybridized carbons (Fsp3) is 0.143. The lowest BCUT2D eigenvalue weighted by Crippen LogP contribution is -2.06. The van der Waals surface area contributed by atoms with Crippen molar-refractivity contribution in [2.45, 2.75) is 13.2 Å². The van der Waals surface area contributed by atoms with E-state index in [2.05, 4.69) is 15.9 Å². The Bertz CT molecular complexity index is 637. The van der Waals surface area contributed by atoms with Crippen molar-refractivity contribution in [3.63, 3.8) is 0 Å². The van der Waals surface area contributed by atoms with Crippen molar-refractivity contribution in [2.24, 2.45) is 5.73 Å². The molecule has 6 heteroatoms. The predicted molar refractivity (Wildman–Crippen MR) is 77.7 cm³/mol. The molecule has 0 bridgehead atoms. The third-order valence-corrected chi connectivity index (χ3v) is 3.76.